The van der Waals surface area contributed by atoms with Gasteiger partial charge >= 0.3 is 0 Å². The maximum atomic E-state index is 4.27. The third-order valence-electron chi connectivity index (χ3n) is 4.34. The number of hydrogen-bond acceptors (Lipinski definition) is 4. The normalized spacial score (nSPS) is 16.9. The molecular weight excluding hydrogens is 250 g/mol. The SMILES string of the molecule is CCn1ncnc1CNCCCN(C)C1CCCCC1. The Morgan fingerprint density at radius 3 is 2.90 bits per heavy atom. The smallest absolute Gasteiger partial charge is 0.140 e. The molecule has 5 nitrogen and oxygen atoms in total. The Morgan fingerprint density at radius 1 is 1.35 bits per heavy atom. The zero-order valence-corrected chi connectivity index (χ0v) is 13.0. The van der Waals surface area contributed by atoms with Crippen LogP contribution in [0.2, 0.25) is 0 Å². The molecule has 2 rings (SSSR count). The van der Waals surface area contributed by atoms with Crippen LogP contribution in [0.15, 0.2) is 6.33 Å². The summed E-state index contributed by atoms with van der Waals surface area (Å²) in [5, 5.41) is 7.65. The Hall–Kier alpha value is -0.940. The van der Waals surface area contributed by atoms with Crippen LogP contribution in [0, 0.1) is 0 Å². The van der Waals surface area contributed by atoms with Crippen LogP contribution in [0.3, 0.4) is 0 Å². The molecule has 20 heavy (non-hydrogen) atoms. The highest BCUT2D eigenvalue weighted by Gasteiger charge is 2.17. The van der Waals surface area contributed by atoms with Crippen LogP contribution in [0.1, 0.15) is 51.3 Å². The molecule has 1 N–H and O–H groups in total. The summed E-state index contributed by atoms with van der Waals surface area (Å²) < 4.78 is 1.95. The highest BCUT2D eigenvalue weighted by atomic mass is 15.3. The van der Waals surface area contributed by atoms with E-state index < -0.39 is 0 Å². The van der Waals surface area contributed by atoms with Gasteiger partial charge in [0.05, 0.1) is 6.54 Å². The van der Waals surface area contributed by atoms with E-state index in [0.29, 0.717) is 0 Å². The van der Waals surface area contributed by atoms with E-state index in [1.807, 2.05) is 4.68 Å². The van der Waals surface area contributed by atoms with Crippen molar-refractivity contribution in [2.75, 3.05) is 20.1 Å². The van der Waals surface area contributed by atoms with Gasteiger partial charge in [-0.15, -0.1) is 0 Å². The maximum Gasteiger partial charge on any atom is 0.140 e. The van der Waals surface area contributed by atoms with E-state index in [-0.39, 0.29) is 0 Å². The standard InChI is InChI=1S/C15H29N5/c1-3-20-15(17-13-18-20)12-16-10-7-11-19(2)14-8-5-4-6-9-14/h13-14,16H,3-12H2,1-2H3. The average Bonchev–Trinajstić information content (AvgIpc) is 2.95. The van der Waals surface area contributed by atoms with Gasteiger partial charge in [-0.05, 0) is 46.3 Å². The first-order valence-electron chi connectivity index (χ1n) is 8.09. The van der Waals surface area contributed by atoms with Crippen LogP contribution in [0.25, 0.3) is 0 Å². The van der Waals surface area contributed by atoms with Crippen LogP contribution in [-0.4, -0.2) is 45.8 Å². The zero-order chi connectivity index (χ0) is 14.2. The largest absolute Gasteiger partial charge is 0.310 e. The van der Waals surface area contributed by atoms with Gasteiger partial charge in [-0.1, -0.05) is 19.3 Å². The summed E-state index contributed by atoms with van der Waals surface area (Å²) in [6.07, 6.45) is 9.89. The summed E-state index contributed by atoms with van der Waals surface area (Å²) in [4.78, 5) is 6.82. The van der Waals surface area contributed by atoms with Gasteiger partial charge in [-0.25, -0.2) is 9.67 Å². The lowest BCUT2D eigenvalue weighted by molar-refractivity contribution is 0.189. The number of hydrogen-bond donors (Lipinski definition) is 1. The summed E-state index contributed by atoms with van der Waals surface area (Å²) in [5.41, 5.74) is 0. The highest BCUT2D eigenvalue weighted by Crippen LogP contribution is 2.21. The minimum atomic E-state index is 0.820. The molecule has 5 heteroatoms. The third kappa shape index (κ3) is 4.56. The molecule has 0 unspecified atom stereocenters. The fraction of sp³-hybridized carbons (Fsp3) is 0.867. The third-order valence-corrected chi connectivity index (χ3v) is 4.34. The molecule has 0 aromatic carbocycles. The van der Waals surface area contributed by atoms with E-state index in [1.54, 1.807) is 6.33 Å². The topological polar surface area (TPSA) is 46.0 Å². The first kappa shape index (κ1) is 15.4. The van der Waals surface area contributed by atoms with Crippen LogP contribution >= 0.6 is 0 Å². The highest BCUT2D eigenvalue weighted by molar-refractivity contribution is 4.83. The van der Waals surface area contributed by atoms with Gasteiger partial charge in [-0.2, -0.15) is 5.10 Å². The summed E-state index contributed by atoms with van der Waals surface area (Å²) >= 11 is 0. The lowest BCUT2D eigenvalue weighted by Crippen LogP contribution is -2.35. The zero-order valence-electron chi connectivity index (χ0n) is 13.0. The molecule has 114 valence electrons. The van der Waals surface area contributed by atoms with E-state index in [4.69, 9.17) is 0 Å². The molecule has 0 saturated heterocycles. The molecule has 1 aromatic heterocycles. The second kappa shape index (κ2) is 8.37. The van der Waals surface area contributed by atoms with E-state index in [2.05, 4.69) is 34.3 Å². The van der Waals surface area contributed by atoms with Gasteiger partial charge in [0, 0.05) is 12.6 Å². The molecule has 0 aliphatic heterocycles. The van der Waals surface area contributed by atoms with Crippen LogP contribution < -0.4 is 5.32 Å². The van der Waals surface area contributed by atoms with E-state index >= 15 is 0 Å². The first-order valence-corrected chi connectivity index (χ1v) is 8.09. The van der Waals surface area contributed by atoms with Crippen LogP contribution in [-0.2, 0) is 13.1 Å². The molecule has 0 spiro atoms. The van der Waals surface area contributed by atoms with Crippen molar-refractivity contribution in [1.29, 1.82) is 0 Å². The van der Waals surface area contributed by atoms with Crippen LogP contribution in [0.4, 0.5) is 0 Å². The Balaban J connectivity index is 1.57. The van der Waals surface area contributed by atoms with Gasteiger partial charge in [0.15, 0.2) is 0 Å². The molecule has 1 aliphatic rings. The van der Waals surface area contributed by atoms with Crippen molar-refractivity contribution in [2.24, 2.45) is 0 Å². The van der Waals surface area contributed by atoms with Crippen LogP contribution in [0.5, 0.6) is 0 Å². The number of nitrogens with one attached hydrogen (secondary N) is 1. The molecule has 1 aliphatic carbocycles. The van der Waals surface area contributed by atoms with Gasteiger partial charge < -0.3 is 10.2 Å². The molecule has 1 heterocycles. The fourth-order valence-electron chi connectivity index (χ4n) is 3.05. The lowest BCUT2D eigenvalue weighted by atomic mass is 9.94. The van der Waals surface area contributed by atoms with Crippen molar-refractivity contribution in [2.45, 2.75) is 64.6 Å². The molecule has 0 atom stereocenters. The predicted octanol–water partition coefficient (Wildman–Crippen LogP) is 2.04. The summed E-state index contributed by atoms with van der Waals surface area (Å²) in [5.74, 6) is 1.04. The quantitative estimate of drug-likeness (QED) is 0.740. The van der Waals surface area contributed by atoms with Gasteiger partial charge in [0.1, 0.15) is 12.2 Å². The van der Waals surface area contributed by atoms with Crippen molar-refractivity contribution in [3.8, 4) is 0 Å². The average molecular weight is 279 g/mol. The van der Waals surface area contributed by atoms with Crippen molar-refractivity contribution < 1.29 is 0 Å². The second-order valence-electron chi connectivity index (χ2n) is 5.79. The molecule has 0 bridgehead atoms. The van der Waals surface area contributed by atoms with E-state index in [0.717, 1.165) is 31.5 Å². The second-order valence-corrected chi connectivity index (χ2v) is 5.79. The minimum absolute atomic E-state index is 0.820. The summed E-state index contributed by atoms with van der Waals surface area (Å²) in [7, 11) is 2.28. The predicted molar refractivity (Wildman–Crippen MR) is 81.5 cm³/mol. The number of aromatic nitrogens is 3. The Labute approximate surface area is 122 Å². The van der Waals surface area contributed by atoms with Crippen molar-refractivity contribution in [3.05, 3.63) is 12.2 Å². The monoisotopic (exact) mass is 279 g/mol. The van der Waals surface area contributed by atoms with E-state index in [1.165, 1.54) is 45.1 Å². The first-order chi connectivity index (χ1) is 9.81. The molecule has 0 radical (unpaired) electrons. The Morgan fingerprint density at radius 2 is 2.15 bits per heavy atom. The lowest BCUT2D eigenvalue weighted by Gasteiger charge is -2.31. The Bertz CT molecular complexity index is 370. The summed E-state index contributed by atoms with van der Waals surface area (Å²) in [6.45, 7) is 6.05. The van der Waals surface area contributed by atoms with Crippen molar-refractivity contribution in [1.82, 2.24) is 25.0 Å². The number of nitrogens with zero attached hydrogens (tertiary/aromatic N) is 4. The molecular formula is C15H29N5. The molecule has 0 amide bonds. The van der Waals surface area contributed by atoms with Crippen molar-refractivity contribution >= 4 is 0 Å². The fourth-order valence-corrected chi connectivity index (χ4v) is 3.05. The summed E-state index contributed by atoms with van der Waals surface area (Å²) in [6, 6.07) is 0.826. The Kier molecular flexibility index (Phi) is 6.47. The van der Waals surface area contributed by atoms with E-state index in [9.17, 15) is 0 Å². The van der Waals surface area contributed by atoms with Gasteiger partial charge in [0.25, 0.3) is 0 Å². The molecule has 1 aromatic rings. The minimum Gasteiger partial charge on any atom is -0.310 e. The number of rotatable bonds is 8. The van der Waals surface area contributed by atoms with Crippen molar-refractivity contribution in [3.63, 3.8) is 0 Å². The number of aryl methyl sites for hydroxylation is 1. The molecule has 1 fully saturated rings. The maximum absolute atomic E-state index is 4.27. The molecule has 1 saturated carbocycles. The van der Waals surface area contributed by atoms with Gasteiger partial charge in [-0.3, -0.25) is 0 Å². The van der Waals surface area contributed by atoms with Gasteiger partial charge in [0.2, 0.25) is 0 Å².